The van der Waals surface area contributed by atoms with E-state index < -0.39 is 0 Å². The molecular formula is C29H45NO2. The normalized spacial score (nSPS) is 12.2. The molecule has 178 valence electrons. The van der Waals surface area contributed by atoms with E-state index in [9.17, 15) is 5.11 Å². The Kier molecular flexibility index (Phi) is 17.9. The number of rotatable bonds is 19. The van der Waals surface area contributed by atoms with Gasteiger partial charge in [-0.05, 0) is 88.6 Å². The maximum atomic E-state index is 9.63. The molecule has 0 unspecified atom stereocenters. The number of phenolic OH excluding ortho intramolecular Hbond substituents is 1. The van der Waals surface area contributed by atoms with Crippen molar-refractivity contribution in [2.45, 2.75) is 77.6 Å². The van der Waals surface area contributed by atoms with Crippen molar-refractivity contribution in [2.24, 2.45) is 0 Å². The van der Waals surface area contributed by atoms with Gasteiger partial charge in [0.15, 0.2) is 11.5 Å². The van der Waals surface area contributed by atoms with Crippen LogP contribution in [0.15, 0.2) is 66.8 Å². The number of methoxy groups -OCH3 is 1. The molecule has 1 rings (SSSR count). The van der Waals surface area contributed by atoms with Crippen LogP contribution in [0.2, 0.25) is 0 Å². The number of unbranched alkanes of at least 4 members (excludes halogenated alkanes) is 5. The number of hydrogen-bond acceptors (Lipinski definition) is 3. The van der Waals surface area contributed by atoms with Gasteiger partial charge in [0, 0.05) is 0 Å². The number of allylic oxidation sites excluding steroid dienone is 8. The Balaban J connectivity index is 1.92. The summed E-state index contributed by atoms with van der Waals surface area (Å²) in [5.41, 5.74) is 1.17. The van der Waals surface area contributed by atoms with E-state index in [1.165, 1.54) is 44.1 Å². The van der Waals surface area contributed by atoms with Gasteiger partial charge in [0.1, 0.15) is 0 Å². The molecule has 0 radical (unpaired) electrons. The lowest BCUT2D eigenvalue weighted by atomic mass is 10.1. The monoisotopic (exact) mass is 439 g/mol. The van der Waals surface area contributed by atoms with Gasteiger partial charge in [-0.25, -0.2) is 0 Å². The first kappa shape index (κ1) is 27.8. The van der Waals surface area contributed by atoms with E-state index in [1.54, 1.807) is 13.2 Å². The second kappa shape index (κ2) is 20.6. The van der Waals surface area contributed by atoms with Crippen LogP contribution in [0.1, 0.15) is 76.7 Å². The van der Waals surface area contributed by atoms with Crippen LogP contribution >= 0.6 is 0 Å². The minimum absolute atomic E-state index is 0.195. The van der Waals surface area contributed by atoms with Gasteiger partial charge in [-0.2, -0.15) is 0 Å². The number of nitrogens with one attached hydrogen (secondary N) is 1. The average molecular weight is 440 g/mol. The van der Waals surface area contributed by atoms with Crippen LogP contribution in [-0.2, 0) is 6.42 Å². The lowest BCUT2D eigenvalue weighted by Crippen LogP contribution is -2.18. The quantitative estimate of drug-likeness (QED) is 0.171. The number of phenols is 1. The maximum absolute atomic E-state index is 9.63. The highest BCUT2D eigenvalue weighted by atomic mass is 16.5. The SMILES string of the molecule is CCCCC/C=C\C/C=C\C/C=C\C/C=C\CCCCNCCc1ccc(O)c(OC)c1. The molecule has 0 amide bonds. The van der Waals surface area contributed by atoms with Crippen molar-refractivity contribution < 1.29 is 9.84 Å². The van der Waals surface area contributed by atoms with Gasteiger partial charge in [-0.3, -0.25) is 0 Å². The Morgan fingerprint density at radius 2 is 1.38 bits per heavy atom. The minimum Gasteiger partial charge on any atom is -0.504 e. The van der Waals surface area contributed by atoms with Crippen LogP contribution in [0.5, 0.6) is 11.5 Å². The molecule has 0 aromatic heterocycles. The molecule has 0 fully saturated rings. The highest BCUT2D eigenvalue weighted by Crippen LogP contribution is 2.26. The van der Waals surface area contributed by atoms with Crippen molar-refractivity contribution in [3.8, 4) is 11.5 Å². The third-order valence-corrected chi connectivity index (χ3v) is 5.27. The summed E-state index contributed by atoms with van der Waals surface area (Å²) in [7, 11) is 1.58. The number of benzene rings is 1. The van der Waals surface area contributed by atoms with Crippen LogP contribution in [0.3, 0.4) is 0 Å². The first-order valence-corrected chi connectivity index (χ1v) is 12.4. The summed E-state index contributed by atoms with van der Waals surface area (Å²) in [6, 6.07) is 5.55. The minimum atomic E-state index is 0.195. The van der Waals surface area contributed by atoms with Gasteiger partial charge in [-0.15, -0.1) is 0 Å². The summed E-state index contributed by atoms with van der Waals surface area (Å²) in [4.78, 5) is 0. The fourth-order valence-corrected chi connectivity index (χ4v) is 3.31. The van der Waals surface area contributed by atoms with Crippen LogP contribution in [-0.4, -0.2) is 25.3 Å². The molecule has 0 saturated carbocycles. The van der Waals surface area contributed by atoms with Crippen LogP contribution in [0.25, 0.3) is 0 Å². The Bertz CT molecular complexity index is 688. The van der Waals surface area contributed by atoms with Gasteiger partial charge < -0.3 is 15.2 Å². The molecule has 0 bridgehead atoms. The molecule has 0 atom stereocenters. The molecule has 0 saturated heterocycles. The molecule has 3 nitrogen and oxygen atoms in total. The molecule has 1 aromatic carbocycles. The number of hydrogen-bond donors (Lipinski definition) is 2. The lowest BCUT2D eigenvalue weighted by Gasteiger charge is -2.07. The van der Waals surface area contributed by atoms with Crippen LogP contribution in [0, 0.1) is 0 Å². The third kappa shape index (κ3) is 15.5. The first-order chi connectivity index (χ1) is 15.8. The summed E-state index contributed by atoms with van der Waals surface area (Å²) in [5, 5.41) is 13.1. The van der Waals surface area contributed by atoms with Crippen molar-refractivity contribution >= 4 is 0 Å². The molecule has 0 aliphatic carbocycles. The van der Waals surface area contributed by atoms with E-state index in [4.69, 9.17) is 4.74 Å². The van der Waals surface area contributed by atoms with Gasteiger partial charge in [0.05, 0.1) is 7.11 Å². The molecule has 0 heterocycles. The van der Waals surface area contributed by atoms with Crippen molar-refractivity contribution in [2.75, 3.05) is 20.2 Å². The largest absolute Gasteiger partial charge is 0.504 e. The second-order valence-corrected chi connectivity index (χ2v) is 8.09. The summed E-state index contributed by atoms with van der Waals surface area (Å²) in [5.74, 6) is 0.738. The van der Waals surface area contributed by atoms with Gasteiger partial charge in [-0.1, -0.05) is 74.4 Å². The number of ether oxygens (including phenoxy) is 1. The molecule has 0 aliphatic rings. The van der Waals surface area contributed by atoms with Gasteiger partial charge >= 0.3 is 0 Å². The zero-order valence-corrected chi connectivity index (χ0v) is 20.4. The first-order valence-electron chi connectivity index (χ1n) is 12.4. The second-order valence-electron chi connectivity index (χ2n) is 8.09. The van der Waals surface area contributed by atoms with Crippen molar-refractivity contribution in [3.63, 3.8) is 0 Å². The zero-order valence-electron chi connectivity index (χ0n) is 20.4. The summed E-state index contributed by atoms with van der Waals surface area (Å²) in [6.45, 7) is 4.24. The number of aromatic hydroxyl groups is 1. The van der Waals surface area contributed by atoms with E-state index in [1.807, 2.05) is 12.1 Å². The predicted molar refractivity (Wildman–Crippen MR) is 140 cm³/mol. The molecule has 32 heavy (non-hydrogen) atoms. The van der Waals surface area contributed by atoms with Crippen molar-refractivity contribution in [3.05, 3.63) is 72.4 Å². The van der Waals surface area contributed by atoms with E-state index in [-0.39, 0.29) is 5.75 Å². The van der Waals surface area contributed by atoms with Crippen molar-refractivity contribution in [1.82, 2.24) is 5.32 Å². The Morgan fingerprint density at radius 1 is 0.781 bits per heavy atom. The maximum Gasteiger partial charge on any atom is 0.160 e. The molecular weight excluding hydrogens is 394 g/mol. The standard InChI is InChI=1S/C29H45NO2/c1-3-4-5-6-7-8-9-10-11-12-13-14-15-16-17-18-19-20-24-30-25-23-27-21-22-28(31)29(26-27)32-2/h7-8,10-11,13-14,16-17,21-22,26,30-31H,3-6,9,12,15,18-20,23-25H2,1-2H3/b8-7-,11-10-,14-13-,17-16-. The topological polar surface area (TPSA) is 41.5 Å². The van der Waals surface area contributed by atoms with Gasteiger partial charge in [0.2, 0.25) is 0 Å². The molecule has 3 heteroatoms. The fraction of sp³-hybridized carbons (Fsp3) is 0.517. The summed E-state index contributed by atoms with van der Waals surface area (Å²) >= 11 is 0. The van der Waals surface area contributed by atoms with Gasteiger partial charge in [0.25, 0.3) is 0 Å². The predicted octanol–water partition coefficient (Wildman–Crippen LogP) is 7.68. The van der Waals surface area contributed by atoms with Crippen molar-refractivity contribution in [1.29, 1.82) is 0 Å². The Labute approximate surface area is 197 Å². The van der Waals surface area contributed by atoms with E-state index in [0.717, 1.165) is 45.2 Å². The van der Waals surface area contributed by atoms with Crippen LogP contribution < -0.4 is 10.1 Å². The molecule has 2 N–H and O–H groups in total. The molecule has 1 aromatic rings. The van der Waals surface area contributed by atoms with E-state index in [0.29, 0.717) is 5.75 Å². The Morgan fingerprint density at radius 3 is 1.97 bits per heavy atom. The van der Waals surface area contributed by atoms with E-state index in [2.05, 4.69) is 60.8 Å². The highest BCUT2D eigenvalue weighted by Gasteiger charge is 2.02. The molecule has 0 aliphatic heterocycles. The summed E-state index contributed by atoms with van der Waals surface area (Å²) in [6.07, 6.45) is 31.0. The smallest absolute Gasteiger partial charge is 0.160 e. The fourth-order valence-electron chi connectivity index (χ4n) is 3.31. The summed E-state index contributed by atoms with van der Waals surface area (Å²) < 4.78 is 5.15. The average Bonchev–Trinajstić information content (AvgIpc) is 2.81. The lowest BCUT2D eigenvalue weighted by molar-refractivity contribution is 0.373. The van der Waals surface area contributed by atoms with Crippen LogP contribution in [0.4, 0.5) is 0 Å². The Hall–Kier alpha value is -2.26. The highest BCUT2D eigenvalue weighted by molar-refractivity contribution is 5.41. The zero-order chi connectivity index (χ0) is 23.1. The molecule has 0 spiro atoms. The van der Waals surface area contributed by atoms with E-state index >= 15 is 0 Å². The third-order valence-electron chi connectivity index (χ3n) is 5.27.